The number of hydrogen-bond acceptors (Lipinski definition) is 0. The predicted molar refractivity (Wildman–Crippen MR) is 55.8 cm³/mol. The Labute approximate surface area is 65.9 Å². The lowest BCUT2D eigenvalue weighted by Crippen LogP contribution is -2.17. The molecule has 0 amide bonds. The Morgan fingerprint density at radius 3 is 2.56 bits per heavy atom. The third-order valence-electron chi connectivity index (χ3n) is 2.00. The molecule has 0 spiro atoms. The van der Waals surface area contributed by atoms with E-state index in [0.717, 1.165) is 0 Å². The van der Waals surface area contributed by atoms with Gasteiger partial charge in [0.25, 0.3) is 0 Å². The summed E-state index contributed by atoms with van der Waals surface area (Å²) in [5.41, 5.74) is 0. The van der Waals surface area contributed by atoms with Crippen LogP contribution in [-0.4, -0.2) is 26.6 Å². The Kier molecular flexibility index (Phi) is 7.26. The molecule has 0 fully saturated rings. The molecule has 56 valence electrons. The third kappa shape index (κ3) is 6.54. The average Bonchev–Trinajstić information content (AvgIpc) is 1.89. The summed E-state index contributed by atoms with van der Waals surface area (Å²) in [5, 5.41) is 0. The SMILES string of the molecule is CCCCC[SiH](C)[SiH2][SiH3]. The van der Waals surface area contributed by atoms with E-state index in [1.54, 1.807) is 22.2 Å². The molecule has 0 aliphatic heterocycles. The van der Waals surface area contributed by atoms with Crippen LogP contribution < -0.4 is 0 Å². The summed E-state index contributed by atoms with van der Waals surface area (Å²) in [6, 6.07) is 1.67. The molecule has 0 rings (SSSR count). The van der Waals surface area contributed by atoms with Gasteiger partial charge in [-0.15, -0.1) is 0 Å². The molecule has 0 bridgehead atoms. The van der Waals surface area contributed by atoms with Crippen LogP contribution in [0.25, 0.3) is 0 Å². The maximum absolute atomic E-state index is 2.58. The molecule has 3 heteroatoms. The molecule has 0 saturated carbocycles. The quantitative estimate of drug-likeness (QED) is 0.408. The first-order valence-electron chi connectivity index (χ1n) is 4.31. The van der Waals surface area contributed by atoms with E-state index in [2.05, 4.69) is 13.5 Å². The summed E-state index contributed by atoms with van der Waals surface area (Å²) in [5.74, 6) is 0. The van der Waals surface area contributed by atoms with Crippen LogP contribution in [0.1, 0.15) is 26.2 Å². The van der Waals surface area contributed by atoms with Gasteiger partial charge in [0.05, 0.1) is 0 Å². The molecule has 0 heterocycles. The van der Waals surface area contributed by atoms with Crippen LogP contribution in [0.4, 0.5) is 0 Å². The highest BCUT2D eigenvalue weighted by Gasteiger charge is 1.98. The minimum absolute atomic E-state index is 0.0123. The summed E-state index contributed by atoms with van der Waals surface area (Å²) in [4.78, 5) is 0. The smallest absolute Gasteiger partial charge is 0.0176 e. The second kappa shape index (κ2) is 6.77. The topological polar surface area (TPSA) is 0 Å². The summed E-state index contributed by atoms with van der Waals surface area (Å²) in [7, 11) is 2.17. The fourth-order valence-corrected chi connectivity index (χ4v) is 8.11. The molecule has 9 heavy (non-hydrogen) atoms. The second-order valence-electron chi connectivity index (χ2n) is 3.01. The predicted octanol–water partition coefficient (Wildman–Crippen LogP) is -0.0206. The Morgan fingerprint density at radius 2 is 2.11 bits per heavy atom. The summed E-state index contributed by atoms with van der Waals surface area (Å²) >= 11 is 0. The van der Waals surface area contributed by atoms with Crippen LogP contribution in [0, 0.1) is 0 Å². The fraction of sp³-hybridized carbons (Fsp3) is 1.00. The average molecular weight is 176 g/mol. The lowest BCUT2D eigenvalue weighted by atomic mass is 10.3. The summed E-state index contributed by atoms with van der Waals surface area (Å²) < 4.78 is 0. The molecule has 0 aromatic heterocycles. The lowest BCUT2D eigenvalue weighted by Gasteiger charge is -2.03. The van der Waals surface area contributed by atoms with Crippen molar-refractivity contribution in [2.45, 2.75) is 38.8 Å². The van der Waals surface area contributed by atoms with Crippen LogP contribution in [0.5, 0.6) is 0 Å². The minimum atomic E-state index is -0.0123. The molecule has 0 aromatic rings. The molecule has 1 unspecified atom stereocenters. The highest BCUT2D eigenvalue weighted by molar-refractivity contribution is 7.31. The standard InChI is InChI=1S/C6H20Si3/c1-3-4-5-6-9(2)8-7/h9H,3-6,8H2,1-2,7H3. The molecular formula is C6H20Si3. The first-order chi connectivity index (χ1) is 4.31. The zero-order chi connectivity index (χ0) is 7.11. The van der Waals surface area contributed by atoms with Crippen LogP contribution in [0.2, 0.25) is 12.6 Å². The third-order valence-corrected chi connectivity index (χ3v) is 22.7. The maximum Gasteiger partial charge on any atom is 0.0176 e. The normalized spacial score (nSPS) is 15.3. The number of rotatable bonds is 5. The lowest BCUT2D eigenvalue weighted by molar-refractivity contribution is 0.768. The Bertz CT molecular complexity index is 56.3. The number of unbranched alkanes of at least 4 members (excludes halogenated alkanes) is 2. The van der Waals surface area contributed by atoms with Gasteiger partial charge in [-0.2, -0.15) is 0 Å². The van der Waals surface area contributed by atoms with Crippen LogP contribution >= 0.6 is 0 Å². The van der Waals surface area contributed by atoms with E-state index in [9.17, 15) is 0 Å². The van der Waals surface area contributed by atoms with Crippen molar-refractivity contribution < 1.29 is 0 Å². The summed E-state index contributed by atoms with van der Waals surface area (Å²) in [6.45, 7) is 4.87. The van der Waals surface area contributed by atoms with Gasteiger partial charge in [-0.25, -0.2) is 0 Å². The van der Waals surface area contributed by atoms with E-state index in [1.807, 2.05) is 0 Å². The van der Waals surface area contributed by atoms with Gasteiger partial charge in [0.2, 0.25) is 0 Å². The van der Waals surface area contributed by atoms with Crippen molar-refractivity contribution in [3.05, 3.63) is 0 Å². The van der Waals surface area contributed by atoms with E-state index in [-0.39, 0.29) is 8.31 Å². The molecular weight excluding hydrogens is 156 g/mol. The van der Waals surface area contributed by atoms with Gasteiger partial charge in [0.15, 0.2) is 0 Å². The van der Waals surface area contributed by atoms with Gasteiger partial charge in [0, 0.05) is 8.31 Å². The van der Waals surface area contributed by atoms with Crippen LogP contribution in [0.3, 0.4) is 0 Å². The van der Waals surface area contributed by atoms with Crippen molar-refractivity contribution in [3.8, 4) is 0 Å². The molecule has 0 aliphatic rings. The van der Waals surface area contributed by atoms with E-state index >= 15 is 0 Å². The molecule has 0 radical (unpaired) electrons. The van der Waals surface area contributed by atoms with E-state index in [1.165, 1.54) is 12.8 Å². The van der Waals surface area contributed by atoms with Gasteiger partial charge < -0.3 is 0 Å². The number of hydrogen-bond donors (Lipinski definition) is 0. The van der Waals surface area contributed by atoms with Crippen LogP contribution in [0.15, 0.2) is 0 Å². The van der Waals surface area contributed by atoms with Crippen molar-refractivity contribution in [2.75, 3.05) is 0 Å². The first kappa shape index (κ1) is 9.65. The van der Waals surface area contributed by atoms with Crippen molar-refractivity contribution in [1.82, 2.24) is 0 Å². The largest absolute Gasteiger partial charge is 0.0746 e. The monoisotopic (exact) mass is 176 g/mol. The minimum Gasteiger partial charge on any atom is -0.0746 e. The van der Waals surface area contributed by atoms with Crippen molar-refractivity contribution in [2.24, 2.45) is 0 Å². The Morgan fingerprint density at radius 1 is 1.44 bits per heavy atom. The highest BCUT2D eigenvalue weighted by Crippen LogP contribution is 2.01. The van der Waals surface area contributed by atoms with Gasteiger partial charge >= 0.3 is 0 Å². The fourth-order valence-electron chi connectivity index (χ4n) is 0.947. The second-order valence-corrected chi connectivity index (χ2v) is 20.6. The van der Waals surface area contributed by atoms with Crippen molar-refractivity contribution in [3.63, 3.8) is 0 Å². The highest BCUT2D eigenvalue weighted by atomic mass is 29.5. The molecule has 1 atom stereocenters. The Hall–Kier alpha value is 0.651. The molecule has 0 nitrogen and oxygen atoms in total. The van der Waals surface area contributed by atoms with E-state index in [4.69, 9.17) is 0 Å². The van der Waals surface area contributed by atoms with Gasteiger partial charge in [-0.3, -0.25) is 0 Å². The van der Waals surface area contributed by atoms with Gasteiger partial charge in [-0.05, 0) is 18.3 Å². The molecule has 0 aromatic carbocycles. The van der Waals surface area contributed by atoms with Gasteiger partial charge in [0.1, 0.15) is 0 Å². The molecule has 0 saturated heterocycles. The molecule has 0 aliphatic carbocycles. The Balaban J connectivity index is 2.88. The van der Waals surface area contributed by atoms with Gasteiger partial charge in [-0.1, -0.05) is 38.8 Å². The van der Waals surface area contributed by atoms with E-state index < -0.39 is 0 Å². The van der Waals surface area contributed by atoms with Crippen molar-refractivity contribution in [1.29, 1.82) is 0 Å². The van der Waals surface area contributed by atoms with Crippen molar-refractivity contribution >= 4 is 26.6 Å². The maximum atomic E-state index is 2.58. The summed E-state index contributed by atoms with van der Waals surface area (Å²) in [6.07, 6.45) is 4.45. The van der Waals surface area contributed by atoms with Crippen LogP contribution in [-0.2, 0) is 0 Å². The molecule has 0 N–H and O–H groups in total. The first-order valence-corrected chi connectivity index (χ1v) is 15.2. The zero-order valence-electron chi connectivity index (χ0n) is 7.11. The zero-order valence-corrected chi connectivity index (χ0v) is 11.7. The van der Waals surface area contributed by atoms with E-state index in [0.29, 0.717) is 8.55 Å².